The molecule has 1 aliphatic rings. The Balaban J connectivity index is 1.69. The number of ether oxygens (including phenoxy) is 1. The van der Waals surface area contributed by atoms with Crippen LogP contribution in [0.4, 0.5) is 10.1 Å². The fourth-order valence-corrected chi connectivity index (χ4v) is 3.56. The number of nitrogens with zero attached hydrogens (tertiary/aromatic N) is 2. The number of piperazine rings is 1. The van der Waals surface area contributed by atoms with Crippen LogP contribution >= 0.6 is 11.6 Å². The molecule has 1 heterocycles. The number of carbonyl (C=O) groups excluding carboxylic acids is 2. The van der Waals surface area contributed by atoms with Crippen LogP contribution in [0.1, 0.15) is 0 Å². The van der Waals surface area contributed by atoms with Crippen LogP contribution in [0.5, 0.6) is 5.75 Å². The molecule has 0 saturated carbocycles. The van der Waals surface area contributed by atoms with E-state index in [1.54, 1.807) is 34.1 Å². The third-order valence-corrected chi connectivity index (χ3v) is 5.31. The van der Waals surface area contributed by atoms with E-state index in [1.165, 1.54) is 25.3 Å². The molecule has 30 heavy (non-hydrogen) atoms. The van der Waals surface area contributed by atoms with Crippen LogP contribution in [-0.4, -0.2) is 61.4 Å². The minimum absolute atomic E-state index is 0.0657. The minimum atomic E-state index is -0.331. The molecule has 1 fully saturated rings. The van der Waals surface area contributed by atoms with E-state index in [2.05, 4.69) is 11.9 Å². The average molecular weight is 432 g/mol. The van der Waals surface area contributed by atoms with Crippen LogP contribution in [0.3, 0.4) is 0 Å². The Morgan fingerprint density at radius 2 is 1.80 bits per heavy atom. The largest absolute Gasteiger partial charge is 0.495 e. The maximum Gasteiger partial charge on any atom is 0.246 e. The number of nitrogens with one attached hydrogen (secondary N) is 1. The number of anilines is 1. The van der Waals surface area contributed by atoms with Crippen molar-refractivity contribution < 1.29 is 18.7 Å². The van der Waals surface area contributed by atoms with Crippen molar-refractivity contribution in [2.45, 2.75) is 0 Å². The van der Waals surface area contributed by atoms with Gasteiger partial charge in [-0.3, -0.25) is 9.59 Å². The fourth-order valence-electron chi connectivity index (χ4n) is 3.30. The molecule has 1 aliphatic heterocycles. The molecule has 158 valence electrons. The molecule has 1 saturated heterocycles. The van der Waals surface area contributed by atoms with Gasteiger partial charge in [-0.05, 0) is 29.8 Å². The van der Waals surface area contributed by atoms with Crippen molar-refractivity contribution in [1.29, 1.82) is 0 Å². The van der Waals surface area contributed by atoms with Crippen LogP contribution in [0, 0.1) is 5.82 Å². The lowest BCUT2D eigenvalue weighted by Crippen LogP contribution is -2.51. The Bertz CT molecular complexity index is 941. The van der Waals surface area contributed by atoms with E-state index in [9.17, 15) is 14.0 Å². The quantitative estimate of drug-likeness (QED) is 0.712. The van der Waals surface area contributed by atoms with Gasteiger partial charge in [0.15, 0.2) is 0 Å². The average Bonchev–Trinajstić information content (AvgIpc) is 2.78. The lowest BCUT2D eigenvalue weighted by atomic mass is 10.0. The lowest BCUT2D eigenvalue weighted by Gasteiger charge is -2.34. The molecular weight excluding hydrogens is 409 g/mol. The molecule has 2 aromatic carbocycles. The second-order valence-electron chi connectivity index (χ2n) is 6.80. The van der Waals surface area contributed by atoms with Crippen molar-refractivity contribution >= 4 is 29.1 Å². The van der Waals surface area contributed by atoms with E-state index in [0.29, 0.717) is 48.2 Å². The summed E-state index contributed by atoms with van der Waals surface area (Å²) in [5.41, 5.74) is 2.06. The van der Waals surface area contributed by atoms with Crippen molar-refractivity contribution in [3.05, 3.63) is 59.9 Å². The Kier molecular flexibility index (Phi) is 6.95. The molecule has 0 bridgehead atoms. The summed E-state index contributed by atoms with van der Waals surface area (Å²) < 4.78 is 18.6. The molecule has 8 heteroatoms. The van der Waals surface area contributed by atoms with Crippen molar-refractivity contribution in [3.63, 3.8) is 0 Å². The third kappa shape index (κ3) is 4.91. The van der Waals surface area contributed by atoms with E-state index in [-0.39, 0.29) is 24.2 Å². The van der Waals surface area contributed by atoms with Gasteiger partial charge in [0, 0.05) is 37.8 Å². The summed E-state index contributed by atoms with van der Waals surface area (Å²) in [7, 11) is 1.52. The normalized spacial score (nSPS) is 13.7. The summed E-state index contributed by atoms with van der Waals surface area (Å²) in [5, 5.41) is 3.57. The van der Waals surface area contributed by atoms with E-state index in [0.717, 1.165) is 5.56 Å². The first kappa shape index (κ1) is 21.6. The SMILES string of the molecule is C=CC(=O)N1CCN(C(=O)CNc2cc(-c3ccc(F)cc3)c(Cl)cc2OC)CC1. The highest BCUT2D eigenvalue weighted by molar-refractivity contribution is 6.33. The molecule has 0 atom stereocenters. The topological polar surface area (TPSA) is 61.9 Å². The zero-order valence-electron chi connectivity index (χ0n) is 16.7. The summed E-state index contributed by atoms with van der Waals surface area (Å²) in [6, 6.07) is 9.45. The third-order valence-electron chi connectivity index (χ3n) is 4.99. The van der Waals surface area contributed by atoms with Crippen molar-refractivity contribution in [2.75, 3.05) is 45.2 Å². The molecule has 0 spiro atoms. The number of benzene rings is 2. The monoisotopic (exact) mass is 431 g/mol. The van der Waals surface area contributed by atoms with Crippen molar-refractivity contribution in [3.8, 4) is 16.9 Å². The van der Waals surface area contributed by atoms with Crippen LogP contribution in [0.2, 0.25) is 5.02 Å². The molecule has 3 rings (SSSR count). The molecule has 6 nitrogen and oxygen atoms in total. The Hall–Kier alpha value is -3.06. The summed E-state index contributed by atoms with van der Waals surface area (Å²) >= 11 is 6.37. The highest BCUT2D eigenvalue weighted by Crippen LogP contribution is 2.37. The van der Waals surface area contributed by atoms with Crippen LogP contribution in [0.15, 0.2) is 49.1 Å². The first-order valence-electron chi connectivity index (χ1n) is 9.49. The number of hydrogen-bond acceptors (Lipinski definition) is 4. The zero-order chi connectivity index (χ0) is 21.7. The van der Waals surface area contributed by atoms with Crippen molar-refractivity contribution in [2.24, 2.45) is 0 Å². The first-order chi connectivity index (χ1) is 14.4. The van der Waals surface area contributed by atoms with Gasteiger partial charge < -0.3 is 19.9 Å². The molecule has 1 N–H and O–H groups in total. The Morgan fingerprint density at radius 1 is 1.17 bits per heavy atom. The smallest absolute Gasteiger partial charge is 0.246 e. The van der Waals surface area contributed by atoms with Gasteiger partial charge in [-0.1, -0.05) is 30.3 Å². The van der Waals surface area contributed by atoms with E-state index in [4.69, 9.17) is 16.3 Å². The van der Waals surface area contributed by atoms with Gasteiger partial charge in [-0.15, -0.1) is 0 Å². The Labute approximate surface area is 179 Å². The van der Waals surface area contributed by atoms with E-state index >= 15 is 0 Å². The summed E-state index contributed by atoms with van der Waals surface area (Å²) in [6.45, 7) is 5.46. The van der Waals surface area contributed by atoms with E-state index < -0.39 is 0 Å². The number of hydrogen-bond donors (Lipinski definition) is 1. The van der Waals surface area contributed by atoms with Crippen LogP contribution in [0.25, 0.3) is 11.1 Å². The predicted molar refractivity (Wildman–Crippen MR) is 115 cm³/mol. The number of rotatable bonds is 6. The maximum absolute atomic E-state index is 13.2. The minimum Gasteiger partial charge on any atom is -0.495 e. The molecular formula is C22H23ClFN3O3. The van der Waals surface area contributed by atoms with Crippen LogP contribution in [-0.2, 0) is 9.59 Å². The standard InChI is InChI=1S/C22H23ClFN3O3/c1-3-21(28)26-8-10-27(11-9-26)22(29)14-25-19-12-17(18(23)13-20(19)30-2)15-4-6-16(24)7-5-15/h3-7,12-13,25H,1,8-11,14H2,2H3. The molecule has 0 aromatic heterocycles. The van der Waals surface area contributed by atoms with Gasteiger partial charge >= 0.3 is 0 Å². The second kappa shape index (κ2) is 9.63. The van der Waals surface area contributed by atoms with Gasteiger partial charge in [0.25, 0.3) is 0 Å². The zero-order valence-corrected chi connectivity index (χ0v) is 17.4. The fraction of sp³-hybridized carbons (Fsp3) is 0.273. The van der Waals surface area contributed by atoms with Crippen LogP contribution < -0.4 is 10.1 Å². The molecule has 2 aromatic rings. The summed E-state index contributed by atoms with van der Waals surface area (Å²) in [4.78, 5) is 27.7. The highest BCUT2D eigenvalue weighted by Gasteiger charge is 2.23. The molecule has 2 amide bonds. The Morgan fingerprint density at radius 3 is 2.40 bits per heavy atom. The number of methoxy groups -OCH3 is 1. The molecule has 0 radical (unpaired) electrons. The predicted octanol–water partition coefficient (Wildman–Crippen LogP) is 3.42. The van der Waals surface area contributed by atoms with Gasteiger partial charge in [-0.2, -0.15) is 0 Å². The number of halogens is 2. The highest BCUT2D eigenvalue weighted by atomic mass is 35.5. The second-order valence-corrected chi connectivity index (χ2v) is 7.21. The number of carbonyl (C=O) groups is 2. The first-order valence-corrected chi connectivity index (χ1v) is 9.87. The molecule has 0 aliphatic carbocycles. The lowest BCUT2D eigenvalue weighted by molar-refractivity contribution is -0.135. The van der Waals surface area contributed by atoms with E-state index in [1.807, 2.05) is 0 Å². The summed E-state index contributed by atoms with van der Waals surface area (Å²) in [5.74, 6) is -0.0391. The van der Waals surface area contributed by atoms with Gasteiger partial charge in [0.2, 0.25) is 11.8 Å². The summed E-state index contributed by atoms with van der Waals surface area (Å²) in [6.07, 6.45) is 1.28. The van der Waals surface area contributed by atoms with Crippen molar-refractivity contribution in [1.82, 2.24) is 9.80 Å². The molecule has 0 unspecified atom stereocenters. The van der Waals surface area contributed by atoms with Gasteiger partial charge in [0.1, 0.15) is 11.6 Å². The maximum atomic E-state index is 13.2. The number of amides is 2. The van der Waals surface area contributed by atoms with Gasteiger partial charge in [0.05, 0.1) is 24.4 Å². The van der Waals surface area contributed by atoms with Gasteiger partial charge in [-0.25, -0.2) is 4.39 Å².